The van der Waals surface area contributed by atoms with Crippen LogP contribution >= 0.6 is 0 Å². The van der Waals surface area contributed by atoms with Crippen molar-refractivity contribution in [3.8, 4) is 5.69 Å². The minimum absolute atomic E-state index is 0.106. The number of nitrogens with two attached hydrogens (primary N) is 2. The zero-order valence-electron chi connectivity index (χ0n) is 17.9. The van der Waals surface area contributed by atoms with Gasteiger partial charge in [-0.3, -0.25) is 4.79 Å². The van der Waals surface area contributed by atoms with Gasteiger partial charge in [0, 0.05) is 24.3 Å². The second kappa shape index (κ2) is 8.77. The maximum atomic E-state index is 11.9. The molecule has 31 heavy (non-hydrogen) atoms. The van der Waals surface area contributed by atoms with Crippen LogP contribution in [0.3, 0.4) is 0 Å². The summed E-state index contributed by atoms with van der Waals surface area (Å²) in [5.74, 6) is -0.00828. The third-order valence-electron chi connectivity index (χ3n) is 5.90. The van der Waals surface area contributed by atoms with Crippen LogP contribution in [-0.4, -0.2) is 32.8 Å². The van der Waals surface area contributed by atoms with Gasteiger partial charge in [0.25, 0.3) is 5.91 Å². The Bertz CT molecular complexity index is 1090. The maximum absolute atomic E-state index is 11.9. The van der Waals surface area contributed by atoms with Crippen LogP contribution in [-0.2, 0) is 0 Å². The molecule has 8 nitrogen and oxygen atoms in total. The number of carbonyl (C=O) groups excluding carboxylic acids is 1. The van der Waals surface area contributed by atoms with Crippen LogP contribution in [0.4, 0.5) is 17.2 Å². The van der Waals surface area contributed by atoms with Gasteiger partial charge in [-0.25, -0.2) is 9.67 Å². The van der Waals surface area contributed by atoms with E-state index in [0.29, 0.717) is 11.5 Å². The molecular formula is C23H29N7O. The van der Waals surface area contributed by atoms with Gasteiger partial charge in [-0.1, -0.05) is 18.9 Å². The lowest BCUT2D eigenvalue weighted by Gasteiger charge is -2.30. The summed E-state index contributed by atoms with van der Waals surface area (Å²) in [5, 5.41) is 11.2. The van der Waals surface area contributed by atoms with Crippen molar-refractivity contribution in [3.05, 3.63) is 59.5 Å². The van der Waals surface area contributed by atoms with Gasteiger partial charge >= 0.3 is 0 Å². The normalized spacial score (nSPS) is 18.5. The first-order valence-corrected chi connectivity index (χ1v) is 10.6. The Morgan fingerprint density at radius 1 is 1.13 bits per heavy atom. The molecule has 2 heterocycles. The molecular weight excluding hydrogens is 390 g/mol. The average Bonchev–Trinajstić information content (AvgIpc) is 3.20. The standard InChI is InChI=1S/C23H29N7O/c1-14-7-8-17(11-15(14)2)30-10-9-21(29-30)28-20-12-16(13-26-22(20)23(25)31)27-19-6-4-3-5-18(19)24/h7-13,18-19,27H,3-6,24H2,1-2H3,(H2,25,31)(H,28,29)/t18-,19+/m0/s1. The van der Waals surface area contributed by atoms with Gasteiger partial charge in [-0.05, 0) is 56.0 Å². The number of rotatable bonds is 6. The van der Waals surface area contributed by atoms with Crippen LogP contribution < -0.4 is 22.1 Å². The fourth-order valence-electron chi connectivity index (χ4n) is 3.93. The molecule has 2 atom stereocenters. The van der Waals surface area contributed by atoms with Crippen molar-refractivity contribution in [2.75, 3.05) is 10.6 Å². The summed E-state index contributed by atoms with van der Waals surface area (Å²) in [4.78, 5) is 16.2. The molecule has 1 aromatic carbocycles. The molecule has 1 fully saturated rings. The van der Waals surface area contributed by atoms with Gasteiger partial charge in [0.1, 0.15) is 0 Å². The van der Waals surface area contributed by atoms with Crippen LogP contribution in [0.5, 0.6) is 0 Å². The third-order valence-corrected chi connectivity index (χ3v) is 5.90. The predicted molar refractivity (Wildman–Crippen MR) is 123 cm³/mol. The van der Waals surface area contributed by atoms with E-state index >= 15 is 0 Å². The van der Waals surface area contributed by atoms with Crippen molar-refractivity contribution >= 4 is 23.1 Å². The van der Waals surface area contributed by atoms with E-state index in [-0.39, 0.29) is 17.8 Å². The smallest absolute Gasteiger partial charge is 0.269 e. The van der Waals surface area contributed by atoms with E-state index in [2.05, 4.69) is 46.7 Å². The lowest BCUT2D eigenvalue weighted by molar-refractivity contribution is 0.0996. The monoisotopic (exact) mass is 419 g/mol. The molecule has 1 aliphatic carbocycles. The summed E-state index contributed by atoms with van der Waals surface area (Å²) < 4.78 is 1.79. The van der Waals surface area contributed by atoms with Crippen LogP contribution in [0.25, 0.3) is 5.69 Å². The summed E-state index contributed by atoms with van der Waals surface area (Å²) in [6.07, 6.45) is 7.83. The number of benzene rings is 1. The topological polar surface area (TPSA) is 124 Å². The number of hydrogen-bond acceptors (Lipinski definition) is 6. The Balaban J connectivity index is 1.57. The quantitative estimate of drug-likeness (QED) is 0.485. The SMILES string of the molecule is Cc1ccc(-n2ccc(Nc3cc(N[C@@H]4CCCC[C@@H]4N)cnc3C(N)=O)n2)cc1C. The van der Waals surface area contributed by atoms with Crippen LogP contribution in [0, 0.1) is 13.8 Å². The second-order valence-electron chi connectivity index (χ2n) is 8.22. The molecule has 8 heteroatoms. The number of nitrogens with zero attached hydrogens (tertiary/aromatic N) is 3. The van der Waals surface area contributed by atoms with Crippen molar-refractivity contribution in [3.63, 3.8) is 0 Å². The Labute approximate surface area is 182 Å². The van der Waals surface area contributed by atoms with Gasteiger partial charge in [-0.15, -0.1) is 0 Å². The number of nitrogens with one attached hydrogen (secondary N) is 2. The highest BCUT2D eigenvalue weighted by Gasteiger charge is 2.22. The number of carbonyl (C=O) groups is 1. The van der Waals surface area contributed by atoms with Gasteiger partial charge in [0.05, 0.1) is 23.3 Å². The van der Waals surface area contributed by atoms with Gasteiger partial charge in [0.2, 0.25) is 0 Å². The van der Waals surface area contributed by atoms with E-state index in [0.717, 1.165) is 37.1 Å². The summed E-state index contributed by atoms with van der Waals surface area (Å²) in [7, 11) is 0. The molecule has 3 aromatic rings. The number of anilines is 3. The second-order valence-corrected chi connectivity index (χ2v) is 8.22. The molecule has 1 aliphatic rings. The summed E-state index contributed by atoms with van der Waals surface area (Å²) in [6.45, 7) is 4.15. The molecule has 0 radical (unpaired) electrons. The lowest BCUT2D eigenvalue weighted by atomic mass is 9.91. The Morgan fingerprint density at radius 2 is 1.94 bits per heavy atom. The van der Waals surface area contributed by atoms with E-state index in [1.807, 2.05) is 24.4 Å². The largest absolute Gasteiger partial charge is 0.379 e. The number of pyridine rings is 1. The highest BCUT2D eigenvalue weighted by molar-refractivity contribution is 5.97. The van der Waals surface area contributed by atoms with Gasteiger partial charge in [-0.2, -0.15) is 5.10 Å². The number of aromatic nitrogens is 3. The molecule has 2 aromatic heterocycles. The zero-order valence-corrected chi connectivity index (χ0v) is 17.9. The van der Waals surface area contributed by atoms with Crippen molar-refractivity contribution < 1.29 is 4.79 Å². The first kappa shape index (κ1) is 20.9. The van der Waals surface area contributed by atoms with Gasteiger partial charge < -0.3 is 22.1 Å². The fraction of sp³-hybridized carbons (Fsp3) is 0.348. The Hall–Kier alpha value is -3.39. The van der Waals surface area contributed by atoms with E-state index < -0.39 is 5.91 Å². The highest BCUT2D eigenvalue weighted by Crippen LogP contribution is 2.26. The molecule has 0 aliphatic heterocycles. The van der Waals surface area contributed by atoms with E-state index in [1.54, 1.807) is 10.9 Å². The zero-order chi connectivity index (χ0) is 22.0. The molecule has 162 valence electrons. The van der Waals surface area contributed by atoms with Crippen molar-refractivity contribution in [1.29, 1.82) is 0 Å². The first-order valence-electron chi connectivity index (χ1n) is 10.6. The minimum atomic E-state index is -0.600. The predicted octanol–water partition coefficient (Wildman–Crippen LogP) is 3.41. The molecule has 0 saturated heterocycles. The van der Waals surface area contributed by atoms with Gasteiger partial charge in [0.15, 0.2) is 11.5 Å². The first-order chi connectivity index (χ1) is 14.9. The van der Waals surface area contributed by atoms with E-state index in [9.17, 15) is 4.79 Å². The third kappa shape index (κ3) is 4.69. The van der Waals surface area contributed by atoms with E-state index in [4.69, 9.17) is 11.5 Å². The Kier molecular flexibility index (Phi) is 5.90. The van der Waals surface area contributed by atoms with Crippen molar-refractivity contribution in [1.82, 2.24) is 14.8 Å². The minimum Gasteiger partial charge on any atom is -0.379 e. The maximum Gasteiger partial charge on any atom is 0.269 e. The fourth-order valence-corrected chi connectivity index (χ4v) is 3.93. The number of primary amides is 1. The summed E-state index contributed by atoms with van der Waals surface area (Å²) in [6, 6.07) is 10.1. The van der Waals surface area contributed by atoms with Crippen molar-refractivity contribution in [2.24, 2.45) is 11.5 Å². The lowest BCUT2D eigenvalue weighted by Crippen LogP contribution is -2.42. The Morgan fingerprint density at radius 3 is 2.68 bits per heavy atom. The average molecular weight is 420 g/mol. The summed E-state index contributed by atoms with van der Waals surface area (Å²) in [5.41, 5.74) is 16.7. The van der Waals surface area contributed by atoms with Crippen LogP contribution in [0.1, 0.15) is 47.3 Å². The number of hydrogen-bond donors (Lipinski definition) is 4. The van der Waals surface area contributed by atoms with E-state index in [1.165, 1.54) is 11.1 Å². The molecule has 6 N–H and O–H groups in total. The number of amides is 1. The molecule has 0 bridgehead atoms. The van der Waals surface area contributed by atoms with Crippen molar-refractivity contribution in [2.45, 2.75) is 51.6 Å². The molecule has 4 rings (SSSR count). The van der Waals surface area contributed by atoms with Crippen LogP contribution in [0.2, 0.25) is 0 Å². The molecule has 1 amide bonds. The molecule has 0 unspecified atom stereocenters. The molecule has 1 saturated carbocycles. The highest BCUT2D eigenvalue weighted by atomic mass is 16.1. The summed E-state index contributed by atoms with van der Waals surface area (Å²) >= 11 is 0. The molecule has 0 spiro atoms. The number of aryl methyl sites for hydroxylation is 2. The van der Waals surface area contributed by atoms with Crippen LogP contribution in [0.15, 0.2) is 42.7 Å².